The van der Waals surface area contributed by atoms with Gasteiger partial charge < -0.3 is 14.5 Å². The number of anilines is 1. The van der Waals surface area contributed by atoms with E-state index in [1.807, 2.05) is 4.90 Å². The molecule has 1 aromatic carbocycles. The number of halogens is 3. The van der Waals surface area contributed by atoms with Gasteiger partial charge in [-0.1, -0.05) is 0 Å². The predicted octanol–water partition coefficient (Wildman–Crippen LogP) is 2.93. The molecular formula is C22H24F3N5O2. The first-order valence-electron chi connectivity index (χ1n) is 10.3. The quantitative estimate of drug-likeness (QED) is 0.721. The zero-order chi connectivity index (χ0) is 23.1. The highest BCUT2D eigenvalue weighted by atomic mass is 19.4. The van der Waals surface area contributed by atoms with E-state index in [1.165, 1.54) is 10.7 Å². The summed E-state index contributed by atoms with van der Waals surface area (Å²) in [5.41, 5.74) is -0.657. The van der Waals surface area contributed by atoms with Crippen molar-refractivity contribution in [2.45, 2.75) is 12.6 Å². The summed E-state index contributed by atoms with van der Waals surface area (Å²) < 4.78 is 47.4. The summed E-state index contributed by atoms with van der Waals surface area (Å²) in [7, 11) is 3.33. The standard InChI is InChI=1S/C22H24F3N5O2/c1-28-19(5-7-27-28)20(31)29-8-6-21(14-32-2)13-30(12-16(21)11-29)17-4-3-15(10-26)18(9-17)22(23,24)25/h3-5,7,9,16H,6,8,11-14H2,1-2H3/t16-,21+/m1/s1. The molecule has 1 aromatic heterocycles. The van der Waals surface area contributed by atoms with Crippen LogP contribution in [0.2, 0.25) is 0 Å². The normalized spacial score (nSPS) is 23.2. The molecule has 0 aliphatic carbocycles. The van der Waals surface area contributed by atoms with Crippen molar-refractivity contribution in [2.75, 3.05) is 44.8 Å². The van der Waals surface area contributed by atoms with E-state index in [4.69, 9.17) is 10.00 Å². The van der Waals surface area contributed by atoms with E-state index in [-0.39, 0.29) is 17.2 Å². The van der Waals surface area contributed by atoms with Crippen LogP contribution in [0.4, 0.5) is 18.9 Å². The smallest absolute Gasteiger partial charge is 0.384 e. The Kier molecular flexibility index (Phi) is 5.63. The lowest BCUT2D eigenvalue weighted by atomic mass is 9.73. The molecule has 2 fully saturated rings. The van der Waals surface area contributed by atoms with E-state index in [2.05, 4.69) is 5.10 Å². The van der Waals surface area contributed by atoms with Crippen molar-refractivity contribution in [2.24, 2.45) is 18.4 Å². The highest BCUT2D eigenvalue weighted by Gasteiger charge is 2.50. The van der Waals surface area contributed by atoms with Crippen LogP contribution in [-0.4, -0.2) is 60.5 Å². The first kappa shape index (κ1) is 22.1. The molecular weight excluding hydrogens is 423 g/mol. The number of alkyl halides is 3. The maximum Gasteiger partial charge on any atom is 0.417 e. The van der Waals surface area contributed by atoms with Crippen LogP contribution in [-0.2, 0) is 18.0 Å². The molecule has 2 aliphatic rings. The van der Waals surface area contributed by atoms with Crippen LogP contribution < -0.4 is 4.90 Å². The Morgan fingerprint density at radius 3 is 2.75 bits per heavy atom. The number of amides is 1. The number of piperidine rings is 1. The second kappa shape index (κ2) is 8.13. The molecule has 0 unspecified atom stereocenters. The summed E-state index contributed by atoms with van der Waals surface area (Å²) in [5.74, 6) is -0.0643. The van der Waals surface area contributed by atoms with E-state index in [9.17, 15) is 18.0 Å². The van der Waals surface area contributed by atoms with Crippen molar-refractivity contribution in [1.29, 1.82) is 5.26 Å². The van der Waals surface area contributed by atoms with E-state index in [1.54, 1.807) is 43.5 Å². The topological polar surface area (TPSA) is 74.4 Å². The van der Waals surface area contributed by atoms with Gasteiger partial charge in [0, 0.05) is 63.6 Å². The van der Waals surface area contributed by atoms with Gasteiger partial charge in [-0.3, -0.25) is 9.48 Å². The number of likely N-dealkylation sites (tertiary alicyclic amines) is 1. The molecule has 2 atom stereocenters. The molecule has 3 heterocycles. The van der Waals surface area contributed by atoms with Crippen LogP contribution in [0, 0.1) is 22.7 Å². The van der Waals surface area contributed by atoms with Crippen LogP contribution in [0.3, 0.4) is 0 Å². The number of benzene rings is 1. The first-order valence-corrected chi connectivity index (χ1v) is 10.3. The molecule has 170 valence electrons. The largest absolute Gasteiger partial charge is 0.417 e. The molecule has 0 N–H and O–H groups in total. The van der Waals surface area contributed by atoms with E-state index >= 15 is 0 Å². The molecule has 2 aliphatic heterocycles. The number of fused-ring (bicyclic) bond motifs is 1. The first-order chi connectivity index (χ1) is 15.2. The van der Waals surface area contributed by atoms with Crippen LogP contribution in [0.15, 0.2) is 30.5 Å². The van der Waals surface area contributed by atoms with E-state index in [0.717, 1.165) is 6.07 Å². The van der Waals surface area contributed by atoms with Crippen LogP contribution in [0.1, 0.15) is 28.0 Å². The second-order valence-electron chi connectivity index (χ2n) is 8.55. The summed E-state index contributed by atoms with van der Waals surface area (Å²) in [4.78, 5) is 16.7. The number of nitriles is 1. The number of aryl methyl sites for hydroxylation is 1. The van der Waals surface area contributed by atoms with Crippen molar-refractivity contribution < 1.29 is 22.7 Å². The minimum absolute atomic E-state index is 0.0401. The molecule has 32 heavy (non-hydrogen) atoms. The number of hydrogen-bond donors (Lipinski definition) is 0. The Morgan fingerprint density at radius 1 is 1.34 bits per heavy atom. The van der Waals surface area contributed by atoms with Gasteiger partial charge >= 0.3 is 6.18 Å². The summed E-state index contributed by atoms with van der Waals surface area (Å²) >= 11 is 0. The third-order valence-corrected chi connectivity index (χ3v) is 6.69. The van der Waals surface area contributed by atoms with Crippen LogP contribution >= 0.6 is 0 Å². The molecule has 4 rings (SSSR count). The highest BCUT2D eigenvalue weighted by molar-refractivity contribution is 5.92. The Labute approximate surface area is 184 Å². The number of carbonyl (C=O) groups is 1. The molecule has 0 bridgehead atoms. The van der Waals surface area contributed by atoms with Gasteiger partial charge in [0.05, 0.1) is 23.8 Å². The van der Waals surface area contributed by atoms with Crippen molar-refractivity contribution in [3.8, 4) is 6.07 Å². The van der Waals surface area contributed by atoms with Gasteiger partial charge in [-0.05, 0) is 30.7 Å². The van der Waals surface area contributed by atoms with Gasteiger partial charge in [-0.25, -0.2) is 0 Å². The summed E-state index contributed by atoms with van der Waals surface area (Å²) in [6, 6.07) is 7.13. The lowest BCUT2D eigenvalue weighted by molar-refractivity contribution is -0.137. The molecule has 7 nitrogen and oxygen atoms in total. The lowest BCUT2D eigenvalue weighted by Gasteiger charge is -2.42. The van der Waals surface area contributed by atoms with Gasteiger partial charge in [-0.15, -0.1) is 0 Å². The lowest BCUT2D eigenvalue weighted by Crippen LogP contribution is -2.51. The molecule has 2 saturated heterocycles. The molecule has 0 radical (unpaired) electrons. The minimum atomic E-state index is -4.61. The van der Waals surface area contributed by atoms with Crippen molar-refractivity contribution in [3.05, 3.63) is 47.3 Å². The van der Waals surface area contributed by atoms with Crippen LogP contribution in [0.25, 0.3) is 0 Å². The Morgan fingerprint density at radius 2 is 2.12 bits per heavy atom. The molecule has 0 spiro atoms. The number of nitrogens with zero attached hydrogens (tertiary/aromatic N) is 5. The van der Waals surface area contributed by atoms with Crippen LogP contribution in [0.5, 0.6) is 0 Å². The molecule has 10 heteroatoms. The highest BCUT2D eigenvalue weighted by Crippen LogP contribution is 2.45. The van der Waals surface area contributed by atoms with E-state index in [0.29, 0.717) is 50.6 Å². The fourth-order valence-electron chi connectivity index (χ4n) is 4.99. The fourth-order valence-corrected chi connectivity index (χ4v) is 4.99. The number of methoxy groups -OCH3 is 1. The predicted molar refractivity (Wildman–Crippen MR) is 110 cm³/mol. The number of rotatable bonds is 4. The van der Waals surface area contributed by atoms with Gasteiger partial charge in [0.1, 0.15) is 5.69 Å². The molecule has 0 saturated carbocycles. The number of hydrogen-bond acceptors (Lipinski definition) is 5. The third-order valence-electron chi connectivity index (χ3n) is 6.69. The van der Waals surface area contributed by atoms with Gasteiger partial charge in [0.2, 0.25) is 0 Å². The maximum atomic E-state index is 13.5. The SMILES string of the molecule is COC[C@@]12CCN(C(=O)c3ccnn3C)C[C@@H]1CN(c1ccc(C#N)c(C(F)(F)F)c1)C2. The van der Waals surface area contributed by atoms with Gasteiger partial charge in [0.25, 0.3) is 5.91 Å². The van der Waals surface area contributed by atoms with E-state index < -0.39 is 17.3 Å². The Hall–Kier alpha value is -3.06. The maximum absolute atomic E-state index is 13.5. The number of ether oxygens (including phenoxy) is 1. The average Bonchev–Trinajstić information content (AvgIpc) is 3.35. The fraction of sp³-hybridized carbons (Fsp3) is 0.500. The zero-order valence-electron chi connectivity index (χ0n) is 17.9. The average molecular weight is 447 g/mol. The van der Waals surface area contributed by atoms with Crippen molar-refractivity contribution >= 4 is 11.6 Å². The van der Waals surface area contributed by atoms with Gasteiger partial charge in [0.15, 0.2) is 0 Å². The number of carbonyl (C=O) groups excluding carboxylic acids is 1. The Balaban J connectivity index is 1.60. The van der Waals surface area contributed by atoms with Crippen molar-refractivity contribution in [1.82, 2.24) is 14.7 Å². The zero-order valence-corrected chi connectivity index (χ0v) is 17.9. The second-order valence-corrected chi connectivity index (χ2v) is 8.55. The minimum Gasteiger partial charge on any atom is -0.384 e. The molecule has 1 amide bonds. The summed E-state index contributed by atoms with van der Waals surface area (Å²) in [6.45, 7) is 2.53. The summed E-state index contributed by atoms with van der Waals surface area (Å²) in [5, 5.41) is 13.1. The summed E-state index contributed by atoms with van der Waals surface area (Å²) in [6.07, 6.45) is -2.34. The number of aromatic nitrogens is 2. The Bertz CT molecular complexity index is 1060. The van der Waals surface area contributed by atoms with Gasteiger partial charge in [-0.2, -0.15) is 23.5 Å². The molecule has 2 aromatic rings. The monoisotopic (exact) mass is 447 g/mol. The third kappa shape index (κ3) is 3.81. The van der Waals surface area contributed by atoms with Crippen molar-refractivity contribution in [3.63, 3.8) is 0 Å².